The van der Waals surface area contributed by atoms with Crippen LogP contribution in [0.3, 0.4) is 0 Å². The summed E-state index contributed by atoms with van der Waals surface area (Å²) in [7, 11) is 0. The highest BCUT2D eigenvalue weighted by Gasteiger charge is 2.61. The summed E-state index contributed by atoms with van der Waals surface area (Å²) in [4.78, 5) is 15.7. The van der Waals surface area contributed by atoms with E-state index in [2.05, 4.69) is 422 Å². The molecular weight excluding hydrogens is 1480 g/mol. The smallest absolute Gasteiger partial charge is 0.162 e. The zero-order chi connectivity index (χ0) is 79.7. The second kappa shape index (κ2) is 24.9. The molecule has 564 valence electrons. The van der Waals surface area contributed by atoms with Gasteiger partial charge in [0.1, 0.15) is 11.6 Å². The van der Waals surface area contributed by atoms with Crippen molar-refractivity contribution in [1.29, 1.82) is 0 Å². The maximum atomic E-state index is 5.49. The Labute approximate surface area is 704 Å². The number of benzene rings is 18. The molecule has 6 aliphatic carbocycles. The van der Waals surface area contributed by atoms with Crippen molar-refractivity contribution in [3.8, 4) is 78.8 Å². The standard InChI is InChI=1S/C64H39N3.C53H32N2/c1-3-20-41(21-4-1)58-39-60(66-62(65-58)42-22-5-2-6-23-42)67-59-38-48-46-27-11-14-30-52(46)64(57(48)37-49(59)47-36-35-40-19-7-8-24-43(40)61(47)67)55-33-17-15-31-53(55)63(54-32-16-18-34-56(54)64)50-28-12-9-25-44(50)45-26-10-13-29-51(45)63;1-2-16-34-33(15-1)28-29-38-40-31-48-39(32-49(40)55(51(34)38)50-27-13-14-30-54-50)37-19-5-8-22-43(37)53(48)46-25-11-9-23-44(46)52(45-24-10-12-26-47(45)53)41-20-6-3-17-35(41)36-18-4-7-21-42(36)52/h1-39H;1-32H. The van der Waals surface area contributed by atoms with E-state index in [1.165, 1.54) is 188 Å². The van der Waals surface area contributed by atoms with Crippen LogP contribution < -0.4 is 0 Å². The van der Waals surface area contributed by atoms with E-state index in [0.717, 1.165) is 39.5 Å². The van der Waals surface area contributed by atoms with E-state index in [1.807, 2.05) is 18.3 Å². The van der Waals surface area contributed by atoms with Crippen molar-refractivity contribution in [2.75, 3.05) is 0 Å². The fourth-order valence-electron chi connectivity index (χ4n) is 24.0. The van der Waals surface area contributed by atoms with Gasteiger partial charge in [-0.1, -0.05) is 382 Å². The van der Waals surface area contributed by atoms with Crippen molar-refractivity contribution in [3.63, 3.8) is 0 Å². The third kappa shape index (κ3) is 8.48. The molecule has 0 amide bonds. The first-order valence-corrected chi connectivity index (χ1v) is 42.5. The van der Waals surface area contributed by atoms with Gasteiger partial charge in [-0.3, -0.25) is 9.13 Å². The van der Waals surface area contributed by atoms with Gasteiger partial charge in [0, 0.05) is 55.7 Å². The second-order valence-electron chi connectivity index (χ2n) is 33.7. The van der Waals surface area contributed by atoms with Crippen LogP contribution >= 0.6 is 0 Å². The van der Waals surface area contributed by atoms with Gasteiger partial charge < -0.3 is 0 Å². The molecule has 5 nitrogen and oxygen atoms in total. The quantitative estimate of drug-likeness (QED) is 0.176. The Morgan fingerprint density at radius 2 is 0.492 bits per heavy atom. The predicted molar refractivity (Wildman–Crippen MR) is 497 cm³/mol. The molecular formula is C117H71N5. The zero-order valence-electron chi connectivity index (χ0n) is 66.2. The molecule has 0 fully saturated rings. The summed E-state index contributed by atoms with van der Waals surface area (Å²) in [6.07, 6.45) is 1.90. The molecule has 22 aromatic rings. The van der Waals surface area contributed by atoms with E-state index in [-0.39, 0.29) is 0 Å². The number of rotatable bonds is 4. The van der Waals surface area contributed by atoms with Gasteiger partial charge in [-0.2, -0.15) is 0 Å². The van der Waals surface area contributed by atoms with E-state index in [9.17, 15) is 0 Å². The monoisotopic (exact) mass is 1550 g/mol. The van der Waals surface area contributed by atoms with Crippen LogP contribution in [0.2, 0.25) is 0 Å². The Kier molecular flexibility index (Phi) is 13.8. The first-order valence-electron chi connectivity index (χ1n) is 42.5. The van der Waals surface area contributed by atoms with Crippen LogP contribution in [0, 0.1) is 0 Å². The molecule has 5 heteroatoms. The SMILES string of the molecule is c1ccc(-c2cc(-n3c4cc5c(cc4c4ccc6ccccc6c43)C3(c4ccccc4-5)c4ccccc4C4(c5ccccc5-c5ccccc54)c4ccccc43)nc(-c3ccccc3)n2)cc1.c1ccc(-n2c3cc4c(cc3c3ccc5ccccc5c32)C2(c3ccccc3-4)c3ccccc3C3(c4ccccc4-c4ccccc43)c3ccccc32)nc1. The number of nitrogens with zero attached hydrogens (tertiary/aromatic N) is 5. The number of pyridine rings is 1. The highest BCUT2D eigenvalue weighted by Crippen LogP contribution is 2.71. The average Bonchev–Trinajstić information content (AvgIpc) is 1.50. The average molecular weight is 1550 g/mol. The maximum Gasteiger partial charge on any atom is 0.162 e. The van der Waals surface area contributed by atoms with E-state index in [4.69, 9.17) is 15.0 Å². The van der Waals surface area contributed by atoms with E-state index < -0.39 is 21.7 Å². The third-order valence-electron chi connectivity index (χ3n) is 28.4. The van der Waals surface area contributed by atoms with E-state index in [1.54, 1.807) is 0 Å². The van der Waals surface area contributed by atoms with Gasteiger partial charge >= 0.3 is 0 Å². The van der Waals surface area contributed by atoms with Crippen LogP contribution in [0.15, 0.2) is 431 Å². The van der Waals surface area contributed by atoms with Crippen molar-refractivity contribution in [2.24, 2.45) is 0 Å². The summed E-state index contributed by atoms with van der Waals surface area (Å²) in [5, 5.41) is 9.68. The van der Waals surface area contributed by atoms with Crippen molar-refractivity contribution in [3.05, 3.63) is 520 Å². The van der Waals surface area contributed by atoms with Gasteiger partial charge in [-0.05, 0) is 181 Å². The lowest BCUT2D eigenvalue weighted by Gasteiger charge is -2.48. The summed E-state index contributed by atoms with van der Waals surface area (Å²) in [6.45, 7) is 0. The maximum absolute atomic E-state index is 5.49. The van der Waals surface area contributed by atoms with Crippen molar-refractivity contribution in [1.82, 2.24) is 24.1 Å². The predicted octanol–water partition coefficient (Wildman–Crippen LogP) is 27.5. The number of fused-ring (bicyclic) bond motifs is 42. The first-order chi connectivity index (χ1) is 60.5. The zero-order valence-corrected chi connectivity index (χ0v) is 66.2. The number of aromatic nitrogens is 5. The summed E-state index contributed by atoms with van der Waals surface area (Å²) in [6, 6.07) is 158. The topological polar surface area (TPSA) is 48.5 Å². The number of hydrogen-bond acceptors (Lipinski definition) is 3. The molecule has 18 aromatic carbocycles. The Bertz CT molecular complexity index is 8040. The fraction of sp³-hybridized carbons (Fsp3) is 0.0342. The number of hydrogen-bond donors (Lipinski definition) is 0. The molecule has 0 radical (unpaired) electrons. The van der Waals surface area contributed by atoms with Crippen LogP contribution in [0.25, 0.3) is 144 Å². The Balaban J connectivity index is 0.000000131. The fourth-order valence-corrected chi connectivity index (χ4v) is 24.0. The Hall–Kier alpha value is -15.7. The molecule has 0 N–H and O–H groups in total. The first kappa shape index (κ1) is 67.3. The van der Waals surface area contributed by atoms with Crippen molar-refractivity contribution < 1.29 is 0 Å². The molecule has 0 saturated heterocycles. The second-order valence-corrected chi connectivity index (χ2v) is 33.7. The van der Waals surface area contributed by atoms with Crippen molar-refractivity contribution >= 4 is 65.2 Å². The van der Waals surface area contributed by atoms with Gasteiger partial charge in [0.25, 0.3) is 0 Å². The summed E-state index contributed by atoms with van der Waals surface area (Å²) < 4.78 is 4.82. The molecule has 0 bridgehead atoms. The van der Waals surface area contributed by atoms with Crippen LogP contribution in [0.1, 0.15) is 89.0 Å². The van der Waals surface area contributed by atoms with Crippen LogP contribution in [0.5, 0.6) is 0 Å². The normalized spacial score (nSPS) is 14.5. The molecule has 28 rings (SSSR count). The summed E-state index contributed by atoms with van der Waals surface area (Å²) in [5.41, 5.74) is 37.2. The van der Waals surface area contributed by atoms with Gasteiger partial charge in [0.15, 0.2) is 5.82 Å². The molecule has 6 aliphatic rings. The molecule has 4 aromatic heterocycles. The molecule has 4 heterocycles. The largest absolute Gasteiger partial charge is 0.293 e. The Morgan fingerprint density at radius 1 is 0.189 bits per heavy atom. The minimum Gasteiger partial charge on any atom is -0.293 e. The third-order valence-corrected chi connectivity index (χ3v) is 28.4. The lowest BCUT2D eigenvalue weighted by Crippen LogP contribution is -2.43. The molecule has 0 unspecified atom stereocenters. The van der Waals surface area contributed by atoms with Crippen LogP contribution in [-0.2, 0) is 21.7 Å². The van der Waals surface area contributed by atoms with Gasteiger partial charge in [-0.25, -0.2) is 15.0 Å². The molecule has 122 heavy (non-hydrogen) atoms. The van der Waals surface area contributed by atoms with Gasteiger partial charge in [-0.15, -0.1) is 0 Å². The van der Waals surface area contributed by atoms with Crippen LogP contribution in [0.4, 0.5) is 0 Å². The molecule has 0 aliphatic heterocycles. The van der Waals surface area contributed by atoms with E-state index >= 15 is 0 Å². The summed E-state index contributed by atoms with van der Waals surface area (Å²) in [5.74, 6) is 2.45. The lowest BCUT2D eigenvalue weighted by atomic mass is 9.52. The minimum absolute atomic E-state index is 0.457. The van der Waals surface area contributed by atoms with Gasteiger partial charge in [0.05, 0.1) is 49.4 Å². The molecule has 4 spiro atoms. The lowest BCUT2D eigenvalue weighted by molar-refractivity contribution is 0.633. The van der Waals surface area contributed by atoms with E-state index in [0.29, 0.717) is 5.82 Å². The summed E-state index contributed by atoms with van der Waals surface area (Å²) >= 11 is 0. The minimum atomic E-state index is -0.605. The highest BCUT2D eigenvalue weighted by molar-refractivity contribution is 6.22. The van der Waals surface area contributed by atoms with Crippen LogP contribution in [-0.4, -0.2) is 24.1 Å². The molecule has 0 atom stereocenters. The van der Waals surface area contributed by atoms with Gasteiger partial charge in [0.2, 0.25) is 0 Å². The Morgan fingerprint density at radius 3 is 0.861 bits per heavy atom. The molecule has 0 saturated carbocycles. The highest BCUT2D eigenvalue weighted by atomic mass is 15.1. The van der Waals surface area contributed by atoms with Crippen molar-refractivity contribution in [2.45, 2.75) is 21.7 Å².